The molecule has 3 aromatic rings. The van der Waals surface area contributed by atoms with E-state index in [1.165, 1.54) is 19.1 Å². The minimum absolute atomic E-state index is 0.0331. The van der Waals surface area contributed by atoms with Crippen LogP contribution in [0.4, 0.5) is 20.2 Å². The summed E-state index contributed by atoms with van der Waals surface area (Å²) in [6.45, 7) is 5.10. The first-order valence-corrected chi connectivity index (χ1v) is 12.4. The molecule has 0 spiro atoms. The van der Waals surface area contributed by atoms with Crippen molar-refractivity contribution in [2.24, 2.45) is 0 Å². The molecule has 0 fully saturated rings. The smallest absolute Gasteiger partial charge is 0.262 e. The van der Waals surface area contributed by atoms with Crippen LogP contribution in [-0.2, 0) is 27.8 Å². The summed E-state index contributed by atoms with van der Waals surface area (Å²) < 4.78 is 59.9. The SMILES string of the molecule is CC(=O)Nc1cc(C)c(S(=O)(=O)Nc2cc(-c3nnc4n3CCCCC4)c(F)cc2F)c(C)c1. The summed E-state index contributed by atoms with van der Waals surface area (Å²) in [5, 5.41) is 10.9. The average Bonchev–Trinajstić information content (AvgIpc) is 2.96. The number of nitrogens with one attached hydrogen (secondary N) is 2. The van der Waals surface area contributed by atoms with Crippen molar-refractivity contribution in [1.29, 1.82) is 0 Å². The third-order valence-corrected chi connectivity index (χ3v) is 7.37. The molecule has 0 bridgehead atoms. The van der Waals surface area contributed by atoms with Gasteiger partial charge < -0.3 is 9.88 Å². The summed E-state index contributed by atoms with van der Waals surface area (Å²) >= 11 is 0. The van der Waals surface area contributed by atoms with Crippen LogP contribution in [0.3, 0.4) is 0 Å². The number of hydrogen-bond acceptors (Lipinski definition) is 5. The summed E-state index contributed by atoms with van der Waals surface area (Å²) in [4.78, 5) is 11.3. The predicted octanol–water partition coefficient (Wildman–Crippen LogP) is 4.33. The maximum atomic E-state index is 14.8. The largest absolute Gasteiger partial charge is 0.326 e. The van der Waals surface area contributed by atoms with Crippen LogP contribution in [-0.4, -0.2) is 29.1 Å². The molecule has 2 N–H and O–H groups in total. The topological polar surface area (TPSA) is 106 Å². The highest BCUT2D eigenvalue weighted by atomic mass is 32.2. The van der Waals surface area contributed by atoms with Gasteiger partial charge in [0.15, 0.2) is 5.82 Å². The van der Waals surface area contributed by atoms with Gasteiger partial charge in [-0.2, -0.15) is 0 Å². The first-order valence-electron chi connectivity index (χ1n) is 10.9. The summed E-state index contributed by atoms with van der Waals surface area (Å²) in [7, 11) is -4.23. The standard InChI is InChI=1S/C23H25F2N5O3S/c1-13-9-16(26-15(3)31)10-14(2)22(13)34(32,33)29-20-11-17(18(24)12-19(20)25)23-28-27-21-7-5-4-6-8-30(21)23/h9-12,29H,4-8H2,1-3H3,(H,26,31). The highest BCUT2D eigenvalue weighted by Gasteiger charge is 2.25. The van der Waals surface area contributed by atoms with Crippen LogP contribution in [0.25, 0.3) is 11.4 Å². The Morgan fingerprint density at radius 1 is 1.00 bits per heavy atom. The zero-order valence-corrected chi connectivity index (χ0v) is 19.9. The van der Waals surface area contributed by atoms with Crippen LogP contribution in [0.1, 0.15) is 43.1 Å². The van der Waals surface area contributed by atoms with Crippen LogP contribution in [0.5, 0.6) is 0 Å². The number of fused-ring (bicyclic) bond motifs is 1. The van der Waals surface area contributed by atoms with Crippen molar-refractivity contribution in [3.05, 3.63) is 52.9 Å². The number of hydrogen-bond donors (Lipinski definition) is 2. The van der Waals surface area contributed by atoms with E-state index in [0.717, 1.165) is 31.2 Å². The molecule has 0 atom stereocenters. The van der Waals surface area contributed by atoms with E-state index in [0.29, 0.717) is 35.8 Å². The zero-order chi connectivity index (χ0) is 24.6. The fourth-order valence-corrected chi connectivity index (χ4v) is 5.84. The number of aryl methyl sites for hydroxylation is 3. The molecule has 0 saturated heterocycles. The van der Waals surface area contributed by atoms with Gasteiger partial charge in [-0.15, -0.1) is 10.2 Å². The van der Waals surface area contributed by atoms with E-state index in [-0.39, 0.29) is 22.2 Å². The number of aromatic nitrogens is 3. The fraction of sp³-hybridized carbons (Fsp3) is 0.348. The number of sulfonamides is 1. The molecular formula is C23H25F2N5O3S. The molecule has 0 radical (unpaired) electrons. The molecule has 8 nitrogen and oxygen atoms in total. The lowest BCUT2D eigenvalue weighted by molar-refractivity contribution is -0.114. The van der Waals surface area contributed by atoms with Crippen molar-refractivity contribution in [2.45, 2.75) is 57.9 Å². The van der Waals surface area contributed by atoms with Gasteiger partial charge in [0.1, 0.15) is 17.5 Å². The normalized spacial score (nSPS) is 13.8. The van der Waals surface area contributed by atoms with Gasteiger partial charge >= 0.3 is 0 Å². The second kappa shape index (κ2) is 9.13. The van der Waals surface area contributed by atoms with E-state index in [4.69, 9.17) is 0 Å². The summed E-state index contributed by atoms with van der Waals surface area (Å²) in [6.07, 6.45) is 3.56. The van der Waals surface area contributed by atoms with Crippen LogP contribution in [0, 0.1) is 25.5 Å². The summed E-state index contributed by atoms with van der Waals surface area (Å²) in [6, 6.07) is 4.79. The maximum absolute atomic E-state index is 14.8. The Labute approximate surface area is 196 Å². The molecule has 1 aliphatic heterocycles. The van der Waals surface area contributed by atoms with Crippen molar-refractivity contribution in [3.8, 4) is 11.4 Å². The molecule has 1 amide bonds. The molecule has 180 valence electrons. The second-order valence-corrected chi connectivity index (χ2v) is 10.1. The Bertz CT molecular complexity index is 1360. The third kappa shape index (κ3) is 4.65. The minimum Gasteiger partial charge on any atom is -0.326 e. The second-order valence-electron chi connectivity index (χ2n) is 8.44. The van der Waals surface area contributed by atoms with Crippen molar-refractivity contribution in [2.75, 3.05) is 10.0 Å². The van der Waals surface area contributed by atoms with Crippen LogP contribution < -0.4 is 10.0 Å². The lowest BCUT2D eigenvalue weighted by atomic mass is 10.1. The van der Waals surface area contributed by atoms with Gasteiger partial charge in [0.2, 0.25) is 5.91 Å². The Morgan fingerprint density at radius 3 is 2.38 bits per heavy atom. The Morgan fingerprint density at radius 2 is 1.71 bits per heavy atom. The zero-order valence-electron chi connectivity index (χ0n) is 19.1. The van der Waals surface area contributed by atoms with Gasteiger partial charge in [0.25, 0.3) is 10.0 Å². The number of halogens is 2. The van der Waals surface area contributed by atoms with Gasteiger partial charge in [-0.3, -0.25) is 9.52 Å². The maximum Gasteiger partial charge on any atom is 0.262 e. The lowest BCUT2D eigenvalue weighted by Crippen LogP contribution is -2.17. The third-order valence-electron chi connectivity index (χ3n) is 5.70. The predicted molar refractivity (Wildman–Crippen MR) is 124 cm³/mol. The van der Waals surface area contributed by atoms with Crippen LogP contribution in [0.2, 0.25) is 0 Å². The van der Waals surface area contributed by atoms with E-state index >= 15 is 0 Å². The number of carbonyl (C=O) groups excluding carboxylic acids is 1. The Kier molecular flexibility index (Phi) is 6.39. The quantitative estimate of drug-likeness (QED) is 0.555. The lowest BCUT2D eigenvalue weighted by Gasteiger charge is -2.16. The highest BCUT2D eigenvalue weighted by molar-refractivity contribution is 7.92. The first-order chi connectivity index (χ1) is 16.1. The molecule has 34 heavy (non-hydrogen) atoms. The van der Waals surface area contributed by atoms with Gasteiger partial charge in [-0.25, -0.2) is 17.2 Å². The fourth-order valence-electron chi connectivity index (χ4n) is 4.33. The van der Waals surface area contributed by atoms with E-state index < -0.39 is 27.3 Å². The molecule has 0 saturated carbocycles. The van der Waals surface area contributed by atoms with Crippen LogP contribution in [0.15, 0.2) is 29.2 Å². The monoisotopic (exact) mass is 489 g/mol. The molecule has 0 unspecified atom stereocenters. The number of rotatable bonds is 5. The van der Waals surface area contributed by atoms with Crippen molar-refractivity contribution >= 4 is 27.3 Å². The molecule has 0 aliphatic carbocycles. The van der Waals surface area contributed by atoms with Gasteiger partial charge in [0.05, 0.1) is 16.1 Å². The average molecular weight is 490 g/mol. The number of benzene rings is 2. The van der Waals surface area contributed by atoms with Gasteiger partial charge in [-0.1, -0.05) is 6.42 Å². The molecular weight excluding hydrogens is 464 g/mol. The van der Waals surface area contributed by atoms with Crippen LogP contribution >= 0.6 is 0 Å². The molecule has 2 aromatic carbocycles. The van der Waals surface area contributed by atoms with E-state index in [1.807, 2.05) is 0 Å². The molecule has 1 aromatic heterocycles. The Hall–Kier alpha value is -3.34. The molecule has 2 heterocycles. The van der Waals surface area contributed by atoms with Crippen molar-refractivity contribution < 1.29 is 22.0 Å². The molecule has 11 heteroatoms. The van der Waals surface area contributed by atoms with E-state index in [1.54, 1.807) is 18.4 Å². The molecule has 4 rings (SSSR count). The number of nitrogens with zero attached hydrogens (tertiary/aromatic N) is 3. The number of anilines is 2. The summed E-state index contributed by atoms with van der Waals surface area (Å²) in [5.74, 6) is -1.23. The van der Waals surface area contributed by atoms with E-state index in [2.05, 4.69) is 20.2 Å². The van der Waals surface area contributed by atoms with Crippen molar-refractivity contribution in [1.82, 2.24) is 14.8 Å². The van der Waals surface area contributed by atoms with Gasteiger partial charge in [0, 0.05) is 31.6 Å². The number of carbonyl (C=O) groups is 1. The number of amides is 1. The summed E-state index contributed by atoms with van der Waals surface area (Å²) in [5.41, 5.74) is 0.744. The van der Waals surface area contributed by atoms with Crippen molar-refractivity contribution in [3.63, 3.8) is 0 Å². The highest BCUT2D eigenvalue weighted by Crippen LogP contribution is 2.32. The Balaban J connectivity index is 1.73. The van der Waals surface area contributed by atoms with E-state index in [9.17, 15) is 22.0 Å². The minimum atomic E-state index is -4.23. The molecule has 1 aliphatic rings. The first kappa shape index (κ1) is 23.8. The van der Waals surface area contributed by atoms with Gasteiger partial charge in [-0.05, 0) is 56.0 Å².